The maximum absolute atomic E-state index is 13.7. The minimum atomic E-state index is -5.49. The third kappa shape index (κ3) is 1.79. The molecule has 1 amide bonds. The van der Waals surface area contributed by atoms with E-state index in [4.69, 9.17) is 1.37 Å². The summed E-state index contributed by atoms with van der Waals surface area (Å²) in [4.78, 5) is 10.7. The van der Waals surface area contributed by atoms with Crippen molar-refractivity contribution in [3.05, 3.63) is 35.9 Å². The van der Waals surface area contributed by atoms with Gasteiger partial charge in [0.05, 0.1) is 1.37 Å². The zero-order valence-electron chi connectivity index (χ0n) is 8.31. The van der Waals surface area contributed by atoms with Crippen LogP contribution in [0.2, 0.25) is 0 Å². The molecule has 0 saturated heterocycles. The van der Waals surface area contributed by atoms with E-state index >= 15 is 0 Å². The number of hydrogen-bond acceptors (Lipinski definition) is 1. The molecule has 1 rings (SSSR count). The van der Waals surface area contributed by atoms with E-state index in [2.05, 4.69) is 5.73 Å². The van der Waals surface area contributed by atoms with Crippen LogP contribution in [0.4, 0.5) is 17.6 Å². The van der Waals surface area contributed by atoms with Gasteiger partial charge in [-0.15, -0.1) is 0 Å². The number of benzene rings is 1. The number of primary amides is 1. The first-order valence-electron chi connectivity index (χ1n) is 4.33. The highest BCUT2D eigenvalue weighted by atomic mass is 19.4. The molecule has 0 aliphatic carbocycles. The molecule has 0 fully saturated rings. The highest BCUT2D eigenvalue weighted by Crippen LogP contribution is 2.42. The fourth-order valence-corrected chi connectivity index (χ4v) is 1.03. The van der Waals surface area contributed by atoms with Gasteiger partial charge in [-0.2, -0.15) is 13.2 Å². The van der Waals surface area contributed by atoms with Crippen LogP contribution < -0.4 is 5.73 Å². The van der Waals surface area contributed by atoms with Crippen LogP contribution in [0.25, 0.3) is 0 Å². The first kappa shape index (κ1) is 9.95. The smallest absolute Gasteiger partial charge is 0.366 e. The fourth-order valence-electron chi connectivity index (χ4n) is 1.03. The Kier molecular flexibility index (Phi) is 2.34. The number of carbonyl (C=O) groups excluding carboxylic acids is 1. The van der Waals surface area contributed by atoms with Crippen LogP contribution in [-0.2, 0) is 10.5 Å². The van der Waals surface area contributed by atoms with Gasteiger partial charge >= 0.3 is 11.8 Å². The van der Waals surface area contributed by atoms with E-state index in [1.54, 1.807) is 0 Å². The molecule has 0 heterocycles. The summed E-state index contributed by atoms with van der Waals surface area (Å²) in [7, 11) is 0. The lowest BCUT2D eigenvalue weighted by Crippen LogP contribution is -2.49. The number of alkyl halides is 4. The van der Waals surface area contributed by atoms with Gasteiger partial charge < -0.3 is 5.73 Å². The molecule has 1 atom stereocenters. The predicted molar refractivity (Wildman–Crippen MR) is 44.5 cm³/mol. The second-order valence-corrected chi connectivity index (χ2v) is 2.80. The fraction of sp³-hybridized carbons (Fsp3) is 0.222. The molecule has 1 aromatic rings. The maximum Gasteiger partial charge on any atom is 0.436 e. The van der Waals surface area contributed by atoms with Crippen molar-refractivity contribution in [3.8, 4) is 0 Å². The molecule has 0 aromatic heterocycles. The van der Waals surface area contributed by atoms with Gasteiger partial charge in [0.15, 0.2) is 0 Å². The summed E-state index contributed by atoms with van der Waals surface area (Å²) >= 11 is 0. The van der Waals surface area contributed by atoms with Crippen molar-refractivity contribution in [2.75, 3.05) is 0 Å². The van der Waals surface area contributed by atoms with Crippen LogP contribution in [0.1, 0.15) is 6.93 Å². The Hall–Kier alpha value is -1.59. The number of nitrogens with two attached hydrogens (primary N) is 1. The van der Waals surface area contributed by atoms with Crippen LogP contribution in [-0.4, -0.2) is 12.1 Å². The van der Waals surface area contributed by atoms with E-state index in [0.717, 1.165) is 12.1 Å². The van der Waals surface area contributed by atoms with E-state index < -0.39 is 29.4 Å². The Morgan fingerprint density at radius 1 is 1.27 bits per heavy atom. The average molecular weight is 222 g/mol. The predicted octanol–water partition coefficient (Wildman–Crippen LogP) is 1.90. The van der Waals surface area contributed by atoms with Gasteiger partial charge in [-0.05, 0) is 0 Å². The standard InChI is InChI=1S/C9H7F4NO/c10-8(7(14)15,9(11,12)13)6-4-2-1-3-5-6/h1-5H,(H2,14,15)/i4D. The first-order valence-corrected chi connectivity index (χ1v) is 3.83. The molecule has 0 radical (unpaired) electrons. The van der Waals surface area contributed by atoms with Crippen molar-refractivity contribution in [3.63, 3.8) is 0 Å². The zero-order valence-corrected chi connectivity index (χ0v) is 7.31. The molecule has 0 aliphatic rings. The summed E-state index contributed by atoms with van der Waals surface area (Å²) in [5, 5.41) is 0. The number of amides is 1. The Morgan fingerprint density at radius 2 is 1.87 bits per heavy atom. The third-order valence-corrected chi connectivity index (χ3v) is 1.81. The van der Waals surface area contributed by atoms with Gasteiger partial charge in [-0.25, -0.2) is 4.39 Å². The molecule has 2 N–H and O–H groups in total. The van der Waals surface area contributed by atoms with Gasteiger partial charge in [0.1, 0.15) is 0 Å². The van der Waals surface area contributed by atoms with Crippen LogP contribution in [0.5, 0.6) is 0 Å². The Morgan fingerprint density at radius 3 is 2.27 bits per heavy atom. The molecule has 82 valence electrons. The second-order valence-electron chi connectivity index (χ2n) is 2.80. The maximum atomic E-state index is 13.7. The minimum absolute atomic E-state index is 0.709. The quantitative estimate of drug-likeness (QED) is 0.763. The lowest BCUT2D eigenvalue weighted by Gasteiger charge is -2.24. The molecule has 1 unspecified atom stereocenters. The molecule has 0 saturated carbocycles. The van der Waals surface area contributed by atoms with E-state index in [1.165, 1.54) is 6.07 Å². The number of carbonyl (C=O) groups is 1. The van der Waals surface area contributed by atoms with Crippen LogP contribution >= 0.6 is 0 Å². The van der Waals surface area contributed by atoms with E-state index in [1.807, 2.05) is 0 Å². The van der Waals surface area contributed by atoms with Crippen molar-refractivity contribution in [1.29, 1.82) is 0 Å². The lowest BCUT2D eigenvalue weighted by molar-refractivity contribution is -0.229. The van der Waals surface area contributed by atoms with Crippen LogP contribution in [0.3, 0.4) is 0 Å². The summed E-state index contributed by atoms with van der Waals surface area (Å²) in [5.41, 5.74) is -0.989. The van der Waals surface area contributed by atoms with Crippen molar-refractivity contribution in [2.45, 2.75) is 11.8 Å². The summed E-state index contributed by atoms with van der Waals surface area (Å²) in [5.74, 6) is -2.18. The van der Waals surface area contributed by atoms with Crippen molar-refractivity contribution >= 4 is 5.91 Å². The number of rotatable bonds is 2. The monoisotopic (exact) mass is 222 g/mol. The Balaban J connectivity index is 3.46. The molecule has 2 nitrogen and oxygen atoms in total. The van der Waals surface area contributed by atoms with Gasteiger partial charge in [0.25, 0.3) is 5.91 Å². The second kappa shape index (κ2) is 3.52. The van der Waals surface area contributed by atoms with Gasteiger partial charge in [-0.1, -0.05) is 30.3 Å². The Labute approximate surface area is 84.1 Å². The molecule has 6 heteroatoms. The summed E-state index contributed by atoms with van der Waals surface area (Å²) in [6.07, 6.45) is -5.49. The molecule has 1 aromatic carbocycles. The molecular weight excluding hydrogens is 214 g/mol. The lowest BCUT2D eigenvalue weighted by atomic mass is 9.94. The summed E-state index contributed by atoms with van der Waals surface area (Å²) in [6.45, 7) is 0. The van der Waals surface area contributed by atoms with Gasteiger partial charge in [-0.3, -0.25) is 4.79 Å². The normalized spacial score (nSPS) is 16.7. The van der Waals surface area contributed by atoms with Crippen molar-refractivity contribution in [2.24, 2.45) is 5.73 Å². The summed E-state index contributed by atoms with van der Waals surface area (Å²) < 4.78 is 58.2. The Bertz CT molecular complexity index is 420. The molecule has 0 aliphatic heterocycles. The molecular formula is C9H7F4NO. The van der Waals surface area contributed by atoms with E-state index in [-0.39, 0.29) is 0 Å². The first-order chi connectivity index (χ1) is 7.21. The highest BCUT2D eigenvalue weighted by Gasteiger charge is 2.62. The van der Waals surface area contributed by atoms with Crippen LogP contribution in [0, 0.1) is 0 Å². The third-order valence-electron chi connectivity index (χ3n) is 1.81. The van der Waals surface area contributed by atoms with Crippen LogP contribution in [0.15, 0.2) is 30.3 Å². The minimum Gasteiger partial charge on any atom is -0.366 e. The molecule has 0 bridgehead atoms. The van der Waals surface area contributed by atoms with Crippen molar-refractivity contribution in [1.82, 2.24) is 0 Å². The average Bonchev–Trinajstić information content (AvgIpc) is 2.15. The molecule has 0 spiro atoms. The van der Waals surface area contributed by atoms with Gasteiger partial charge in [0, 0.05) is 5.56 Å². The van der Waals surface area contributed by atoms with Crippen molar-refractivity contribution < 1.29 is 23.7 Å². The van der Waals surface area contributed by atoms with E-state index in [0.29, 0.717) is 6.07 Å². The largest absolute Gasteiger partial charge is 0.436 e. The zero-order chi connectivity index (χ0) is 12.6. The van der Waals surface area contributed by atoms with E-state index in [9.17, 15) is 22.4 Å². The number of halogens is 4. The number of hydrogen-bond donors (Lipinski definition) is 1. The topological polar surface area (TPSA) is 43.1 Å². The SMILES string of the molecule is [2H]c1ccccc1C(F)(C(N)=O)C(F)(F)F. The van der Waals surface area contributed by atoms with Gasteiger partial charge in [0.2, 0.25) is 0 Å². The highest BCUT2D eigenvalue weighted by molar-refractivity contribution is 5.85. The molecule has 15 heavy (non-hydrogen) atoms. The summed E-state index contributed by atoms with van der Waals surface area (Å²) in [6, 6.07) is 3.26.